The zero-order chi connectivity index (χ0) is 14.7. The van der Waals surface area contributed by atoms with Gasteiger partial charge in [0.05, 0.1) is 25.9 Å². The van der Waals surface area contributed by atoms with Crippen LogP contribution in [0.1, 0.15) is 18.4 Å². The highest BCUT2D eigenvalue weighted by atomic mass is 19.1. The van der Waals surface area contributed by atoms with Crippen LogP contribution in [0.2, 0.25) is 0 Å². The molecule has 0 amide bonds. The van der Waals surface area contributed by atoms with Gasteiger partial charge in [-0.25, -0.2) is 4.39 Å². The van der Waals surface area contributed by atoms with Crippen molar-refractivity contribution in [1.29, 1.82) is 0 Å². The summed E-state index contributed by atoms with van der Waals surface area (Å²) >= 11 is 0. The fourth-order valence-electron chi connectivity index (χ4n) is 2.56. The number of methoxy groups -OCH3 is 2. The summed E-state index contributed by atoms with van der Waals surface area (Å²) in [5.41, 5.74) is 1.15. The Morgan fingerprint density at radius 3 is 2.70 bits per heavy atom. The number of benzene rings is 1. The summed E-state index contributed by atoms with van der Waals surface area (Å²) in [7, 11) is 5.04. The lowest BCUT2D eigenvalue weighted by Crippen LogP contribution is -2.37. The molecule has 1 aromatic rings. The number of hydrogen-bond donors (Lipinski definition) is 1. The third-order valence-electron chi connectivity index (χ3n) is 3.66. The lowest BCUT2D eigenvalue weighted by atomic mass is 10.1. The van der Waals surface area contributed by atoms with Gasteiger partial charge in [0.2, 0.25) is 0 Å². The normalized spacial score (nSPS) is 18.9. The van der Waals surface area contributed by atoms with Crippen LogP contribution in [0, 0.1) is 5.82 Å². The van der Waals surface area contributed by atoms with Crippen LogP contribution in [0.3, 0.4) is 0 Å². The molecule has 20 heavy (non-hydrogen) atoms. The van der Waals surface area contributed by atoms with Gasteiger partial charge >= 0.3 is 0 Å². The molecule has 1 N–H and O–H groups in total. The molecule has 110 valence electrons. The van der Waals surface area contributed by atoms with Crippen molar-refractivity contribution in [2.24, 2.45) is 0 Å². The van der Waals surface area contributed by atoms with Gasteiger partial charge in [-0.1, -0.05) is 6.58 Å². The van der Waals surface area contributed by atoms with E-state index in [1.165, 1.54) is 13.2 Å². The fourth-order valence-corrected chi connectivity index (χ4v) is 2.56. The first-order valence-electron chi connectivity index (χ1n) is 6.65. The molecule has 0 aliphatic carbocycles. The molecule has 0 bridgehead atoms. The van der Waals surface area contributed by atoms with Crippen LogP contribution in [-0.4, -0.2) is 38.9 Å². The summed E-state index contributed by atoms with van der Waals surface area (Å²) in [6.07, 6.45) is 2.38. The number of nitrogens with zero attached hydrogens (tertiary/aromatic N) is 1. The van der Waals surface area contributed by atoms with Gasteiger partial charge in [-0.2, -0.15) is 0 Å². The maximum Gasteiger partial charge on any atom is 0.167 e. The van der Waals surface area contributed by atoms with E-state index in [-0.39, 0.29) is 11.9 Å². The first-order valence-corrected chi connectivity index (χ1v) is 6.65. The first kappa shape index (κ1) is 14.7. The summed E-state index contributed by atoms with van der Waals surface area (Å²) in [4.78, 5) is 2.21. The van der Waals surface area contributed by atoms with Crippen LogP contribution in [0.15, 0.2) is 18.7 Å². The predicted molar refractivity (Wildman–Crippen MR) is 77.3 cm³/mol. The van der Waals surface area contributed by atoms with E-state index in [4.69, 9.17) is 9.47 Å². The highest BCUT2D eigenvalue weighted by Gasteiger charge is 2.24. The number of halogens is 1. The van der Waals surface area contributed by atoms with Gasteiger partial charge in [0.25, 0.3) is 0 Å². The summed E-state index contributed by atoms with van der Waals surface area (Å²) in [6.45, 7) is 5.06. The van der Waals surface area contributed by atoms with Crippen molar-refractivity contribution >= 4 is 5.70 Å². The highest BCUT2D eigenvalue weighted by molar-refractivity contribution is 5.73. The molecule has 1 atom stereocenters. The molecular formula is C15H21FN2O2. The second kappa shape index (κ2) is 6.13. The molecule has 1 unspecified atom stereocenters. The molecule has 1 saturated heterocycles. The Labute approximate surface area is 119 Å². The Morgan fingerprint density at radius 1 is 1.40 bits per heavy atom. The maximum absolute atomic E-state index is 13.9. The van der Waals surface area contributed by atoms with E-state index in [0.29, 0.717) is 17.0 Å². The van der Waals surface area contributed by atoms with Gasteiger partial charge in [-0.15, -0.1) is 0 Å². The Morgan fingerprint density at radius 2 is 2.15 bits per heavy atom. The van der Waals surface area contributed by atoms with Crippen molar-refractivity contribution < 1.29 is 13.9 Å². The standard InChI is InChI=1S/C15H21FN2O2/c1-10(17-13-6-5-9-18(13)2)14-12(19-3)8-7-11(16)15(14)20-4/h7-8,13,17H,1,5-6,9H2,2-4H3. The SMILES string of the molecule is C=C(NC1CCCN1C)c1c(OC)ccc(F)c1OC. The third-order valence-corrected chi connectivity index (χ3v) is 3.66. The summed E-state index contributed by atoms with van der Waals surface area (Å²) in [5, 5.41) is 3.33. The van der Waals surface area contributed by atoms with E-state index in [0.717, 1.165) is 19.4 Å². The fraction of sp³-hybridized carbons (Fsp3) is 0.467. The number of hydrogen-bond acceptors (Lipinski definition) is 4. The number of nitrogens with one attached hydrogen (secondary N) is 1. The Hall–Kier alpha value is -1.75. The van der Waals surface area contributed by atoms with Crippen LogP contribution in [-0.2, 0) is 0 Å². The van der Waals surface area contributed by atoms with Crippen molar-refractivity contribution in [2.75, 3.05) is 27.8 Å². The van der Waals surface area contributed by atoms with Gasteiger partial charge in [0.1, 0.15) is 5.75 Å². The van der Waals surface area contributed by atoms with Gasteiger partial charge in [-0.3, -0.25) is 4.90 Å². The molecule has 1 aliphatic rings. The Kier molecular flexibility index (Phi) is 4.49. The van der Waals surface area contributed by atoms with Crippen LogP contribution < -0.4 is 14.8 Å². The molecule has 2 rings (SSSR count). The molecular weight excluding hydrogens is 259 g/mol. The van der Waals surface area contributed by atoms with Gasteiger partial charge in [0, 0.05) is 5.70 Å². The van der Waals surface area contributed by atoms with Crippen molar-refractivity contribution in [3.63, 3.8) is 0 Å². The van der Waals surface area contributed by atoms with Crippen molar-refractivity contribution in [3.05, 3.63) is 30.1 Å². The summed E-state index contributed by atoms with van der Waals surface area (Å²) in [5.74, 6) is 0.273. The van der Waals surface area contributed by atoms with E-state index in [9.17, 15) is 4.39 Å². The zero-order valence-corrected chi connectivity index (χ0v) is 12.2. The van der Waals surface area contributed by atoms with Crippen molar-refractivity contribution in [2.45, 2.75) is 19.0 Å². The second-order valence-electron chi connectivity index (χ2n) is 4.92. The molecule has 1 aromatic carbocycles. The minimum absolute atomic E-state index is 0.155. The van der Waals surface area contributed by atoms with Gasteiger partial charge < -0.3 is 14.8 Å². The van der Waals surface area contributed by atoms with Crippen LogP contribution in [0.5, 0.6) is 11.5 Å². The second-order valence-corrected chi connectivity index (χ2v) is 4.92. The number of likely N-dealkylation sites (tertiary alicyclic amines) is 1. The Bertz CT molecular complexity index is 505. The first-order chi connectivity index (χ1) is 9.58. The topological polar surface area (TPSA) is 33.7 Å². The zero-order valence-electron chi connectivity index (χ0n) is 12.2. The lowest BCUT2D eigenvalue weighted by molar-refractivity contribution is 0.289. The van der Waals surface area contributed by atoms with Crippen LogP contribution in [0.4, 0.5) is 4.39 Å². The van der Waals surface area contributed by atoms with E-state index in [1.54, 1.807) is 13.2 Å². The lowest BCUT2D eigenvalue weighted by Gasteiger charge is -2.25. The van der Waals surface area contributed by atoms with Crippen molar-refractivity contribution in [3.8, 4) is 11.5 Å². The molecule has 0 radical (unpaired) electrons. The number of rotatable bonds is 5. The molecule has 0 spiro atoms. The van der Waals surface area contributed by atoms with Crippen LogP contribution in [0.25, 0.3) is 5.70 Å². The summed E-state index contributed by atoms with van der Waals surface area (Å²) in [6, 6.07) is 2.91. The monoisotopic (exact) mass is 280 g/mol. The van der Waals surface area contributed by atoms with E-state index in [2.05, 4.69) is 23.8 Å². The smallest absolute Gasteiger partial charge is 0.167 e. The van der Waals surface area contributed by atoms with E-state index in [1.807, 2.05) is 0 Å². The van der Waals surface area contributed by atoms with E-state index < -0.39 is 5.82 Å². The number of ether oxygens (including phenoxy) is 2. The van der Waals surface area contributed by atoms with Gasteiger partial charge in [-0.05, 0) is 38.6 Å². The average Bonchev–Trinajstić information content (AvgIpc) is 2.83. The highest BCUT2D eigenvalue weighted by Crippen LogP contribution is 2.35. The van der Waals surface area contributed by atoms with Crippen molar-refractivity contribution in [1.82, 2.24) is 10.2 Å². The average molecular weight is 280 g/mol. The van der Waals surface area contributed by atoms with Crippen LogP contribution >= 0.6 is 0 Å². The predicted octanol–water partition coefficient (Wildman–Crippen LogP) is 2.45. The van der Waals surface area contributed by atoms with E-state index >= 15 is 0 Å². The molecule has 1 heterocycles. The minimum atomic E-state index is -0.425. The van der Waals surface area contributed by atoms with Gasteiger partial charge in [0.15, 0.2) is 11.6 Å². The molecule has 0 saturated carbocycles. The quantitative estimate of drug-likeness (QED) is 0.898. The maximum atomic E-state index is 13.9. The molecule has 0 aromatic heterocycles. The third kappa shape index (κ3) is 2.72. The largest absolute Gasteiger partial charge is 0.496 e. The molecule has 4 nitrogen and oxygen atoms in total. The minimum Gasteiger partial charge on any atom is -0.496 e. The Balaban J connectivity index is 2.30. The summed E-state index contributed by atoms with van der Waals surface area (Å²) < 4.78 is 24.3. The molecule has 1 aliphatic heterocycles. The molecule has 1 fully saturated rings. The molecule has 5 heteroatoms.